The molecule has 0 spiro atoms. The van der Waals surface area contributed by atoms with E-state index >= 15 is 0 Å². The smallest absolute Gasteiger partial charge is 0.224 e. The van der Waals surface area contributed by atoms with Gasteiger partial charge in [0.15, 0.2) is 6.29 Å². The van der Waals surface area contributed by atoms with Gasteiger partial charge in [-0.1, -0.05) is 121 Å². The van der Waals surface area contributed by atoms with E-state index in [2.05, 4.69) is 41.5 Å². The highest BCUT2D eigenvalue weighted by atomic mass is 16.7. The molecule has 3 rings (SSSR count). The highest BCUT2D eigenvalue weighted by molar-refractivity contribution is 5.90. The number of aliphatic hydroxyl groups excluding tert-OH is 1. The second-order valence-corrected chi connectivity index (χ2v) is 14.2. The first-order valence-corrected chi connectivity index (χ1v) is 19.8. The number of nitrogens with one attached hydrogen (secondary N) is 2. The van der Waals surface area contributed by atoms with Crippen LogP contribution in [0.25, 0.3) is 0 Å². The molecule has 0 unspecified atom stereocenters. The minimum absolute atomic E-state index is 0.00952. The van der Waals surface area contributed by atoms with Crippen molar-refractivity contribution in [3.63, 3.8) is 0 Å². The Morgan fingerprint density at radius 2 is 1.32 bits per heavy atom. The van der Waals surface area contributed by atoms with Gasteiger partial charge in [0.2, 0.25) is 11.8 Å². The van der Waals surface area contributed by atoms with E-state index in [9.17, 15) is 14.7 Å². The molecule has 0 radical (unpaired) electrons. The lowest BCUT2D eigenvalue weighted by molar-refractivity contribution is -0.253. The van der Waals surface area contributed by atoms with Crippen LogP contribution < -0.4 is 10.6 Å². The van der Waals surface area contributed by atoms with Crippen LogP contribution in [-0.4, -0.2) is 54.1 Å². The second kappa shape index (κ2) is 25.2. The zero-order chi connectivity index (χ0) is 35.8. The summed E-state index contributed by atoms with van der Waals surface area (Å²) in [4.78, 5) is 26.2. The van der Waals surface area contributed by atoms with Gasteiger partial charge in [-0.15, -0.1) is 0 Å². The number of carbonyl (C=O) groups is 2. The number of rotatable bonds is 26. The number of ether oxygens (including phenoxy) is 2. The molecule has 50 heavy (non-hydrogen) atoms. The van der Waals surface area contributed by atoms with Crippen molar-refractivity contribution >= 4 is 17.5 Å². The molecule has 2 aromatic carbocycles. The summed E-state index contributed by atoms with van der Waals surface area (Å²) in [5.74, 6) is -0.0309. The predicted octanol–water partition coefficient (Wildman–Crippen LogP) is 9.38. The van der Waals surface area contributed by atoms with Crippen molar-refractivity contribution in [1.82, 2.24) is 10.2 Å². The van der Waals surface area contributed by atoms with E-state index in [1.807, 2.05) is 36.4 Å². The van der Waals surface area contributed by atoms with Gasteiger partial charge < -0.3 is 30.1 Å². The molecule has 0 bridgehead atoms. The lowest BCUT2D eigenvalue weighted by Gasteiger charge is -2.38. The van der Waals surface area contributed by atoms with E-state index in [0.717, 1.165) is 67.7 Å². The number of hydrogen-bond donors (Lipinski definition) is 3. The molecule has 1 aliphatic rings. The number of benzene rings is 2. The summed E-state index contributed by atoms with van der Waals surface area (Å²) in [7, 11) is 0. The fraction of sp³-hybridized carbons (Fsp3) is 0.667. The van der Waals surface area contributed by atoms with E-state index in [-0.39, 0.29) is 30.6 Å². The molecule has 0 aliphatic carbocycles. The van der Waals surface area contributed by atoms with Crippen LogP contribution in [0.5, 0.6) is 0 Å². The zero-order valence-electron chi connectivity index (χ0n) is 31.4. The first kappa shape index (κ1) is 41.6. The molecule has 3 atom stereocenters. The quantitative estimate of drug-likeness (QED) is 0.0850. The van der Waals surface area contributed by atoms with E-state index in [4.69, 9.17) is 9.47 Å². The summed E-state index contributed by atoms with van der Waals surface area (Å²) in [5, 5.41) is 15.4. The third kappa shape index (κ3) is 17.0. The first-order chi connectivity index (χ1) is 24.4. The van der Waals surface area contributed by atoms with E-state index in [0.29, 0.717) is 13.0 Å². The van der Waals surface area contributed by atoms with Gasteiger partial charge in [-0.05, 0) is 62.0 Å². The number of hydrogen-bond acceptors (Lipinski definition) is 6. The summed E-state index contributed by atoms with van der Waals surface area (Å²) in [6, 6.07) is 15.9. The summed E-state index contributed by atoms with van der Waals surface area (Å²) in [5.41, 5.74) is 3.67. The van der Waals surface area contributed by atoms with Crippen LogP contribution in [0.1, 0.15) is 159 Å². The Hall–Kier alpha value is -2.78. The van der Waals surface area contributed by atoms with Gasteiger partial charge in [0, 0.05) is 44.1 Å². The normalized spacial score (nSPS) is 17.6. The number of aliphatic hydroxyl groups is 1. The molecule has 1 aliphatic heterocycles. The fourth-order valence-electron chi connectivity index (χ4n) is 6.65. The van der Waals surface area contributed by atoms with Crippen LogP contribution in [0.2, 0.25) is 0 Å². The van der Waals surface area contributed by atoms with Gasteiger partial charge in [0.1, 0.15) is 0 Å². The van der Waals surface area contributed by atoms with Gasteiger partial charge in [-0.3, -0.25) is 9.59 Å². The van der Waals surface area contributed by atoms with E-state index < -0.39 is 6.29 Å². The highest BCUT2D eigenvalue weighted by Gasteiger charge is 2.33. The summed E-state index contributed by atoms with van der Waals surface area (Å²) in [6.45, 7) is 9.82. The number of unbranched alkanes of at least 4 members (excludes halogenated alkanes) is 12. The summed E-state index contributed by atoms with van der Waals surface area (Å²) in [6.07, 6.45) is 18.7. The molecule has 0 aromatic heterocycles. The molecular formula is C42H67N3O5. The average Bonchev–Trinajstić information content (AvgIpc) is 3.12. The Labute approximate surface area is 303 Å². The lowest BCUT2D eigenvalue weighted by Crippen LogP contribution is -2.40. The molecule has 8 nitrogen and oxygen atoms in total. The minimum Gasteiger partial charge on any atom is -0.392 e. The first-order valence-electron chi connectivity index (χ1n) is 19.8. The summed E-state index contributed by atoms with van der Waals surface area (Å²) < 4.78 is 13.3. The Bertz CT molecular complexity index is 1170. The number of nitrogens with zero attached hydrogens (tertiary/aromatic N) is 1. The zero-order valence-corrected chi connectivity index (χ0v) is 31.4. The monoisotopic (exact) mass is 694 g/mol. The Balaban J connectivity index is 1.64. The molecule has 1 saturated heterocycles. The molecular weight excluding hydrogens is 626 g/mol. The molecule has 2 aromatic rings. The maximum Gasteiger partial charge on any atom is 0.224 e. The Kier molecular flexibility index (Phi) is 21.0. The molecule has 3 N–H and O–H groups in total. The molecule has 1 heterocycles. The van der Waals surface area contributed by atoms with Gasteiger partial charge >= 0.3 is 0 Å². The molecule has 0 saturated carbocycles. The van der Waals surface area contributed by atoms with Crippen molar-refractivity contribution in [2.45, 2.75) is 155 Å². The number of anilines is 1. The van der Waals surface area contributed by atoms with Gasteiger partial charge in [-0.25, -0.2) is 0 Å². The van der Waals surface area contributed by atoms with E-state index in [1.165, 1.54) is 84.0 Å². The standard InChI is InChI=1S/C42H67N3O5/c1-4-6-8-10-12-17-29-45(30-18-13-11-9-7-5-2)32-39-31-40(36-22-20-35(33-46)21-23-36)50-42(49-39)37-24-26-38(27-25-37)44-41(48)19-15-14-16-28-43-34(3)47/h20-27,39-40,42,46H,4-19,28-33H2,1-3H3,(H,43,47)(H,44,48)/t39-,40+,42+/m0/s1. The van der Waals surface area contributed by atoms with Gasteiger partial charge in [-0.2, -0.15) is 0 Å². The largest absolute Gasteiger partial charge is 0.392 e. The third-order valence-electron chi connectivity index (χ3n) is 9.65. The fourth-order valence-corrected chi connectivity index (χ4v) is 6.65. The Morgan fingerprint density at radius 1 is 0.740 bits per heavy atom. The maximum atomic E-state index is 12.6. The minimum atomic E-state index is -0.519. The summed E-state index contributed by atoms with van der Waals surface area (Å²) >= 11 is 0. The van der Waals surface area contributed by atoms with Crippen LogP contribution in [0.4, 0.5) is 5.69 Å². The van der Waals surface area contributed by atoms with Crippen molar-refractivity contribution in [2.24, 2.45) is 0 Å². The molecule has 2 amide bonds. The molecule has 280 valence electrons. The van der Waals surface area contributed by atoms with Crippen molar-refractivity contribution in [2.75, 3.05) is 31.5 Å². The van der Waals surface area contributed by atoms with Gasteiger partial charge in [0.25, 0.3) is 0 Å². The van der Waals surface area contributed by atoms with Crippen LogP contribution in [0, 0.1) is 0 Å². The van der Waals surface area contributed by atoms with Crippen LogP contribution in [0.3, 0.4) is 0 Å². The van der Waals surface area contributed by atoms with Crippen molar-refractivity contribution in [3.8, 4) is 0 Å². The van der Waals surface area contributed by atoms with Crippen molar-refractivity contribution < 1.29 is 24.2 Å². The number of carbonyl (C=O) groups excluding carboxylic acids is 2. The maximum absolute atomic E-state index is 12.6. The second-order valence-electron chi connectivity index (χ2n) is 14.2. The predicted molar refractivity (Wildman–Crippen MR) is 204 cm³/mol. The lowest BCUT2D eigenvalue weighted by atomic mass is 9.99. The topological polar surface area (TPSA) is 100 Å². The van der Waals surface area contributed by atoms with Crippen LogP contribution in [-0.2, 0) is 25.7 Å². The SMILES string of the molecule is CCCCCCCCN(CCCCCCCC)C[C@@H]1C[C@H](c2ccc(CO)cc2)O[C@H](c2ccc(NC(=O)CCCCCNC(C)=O)cc2)O1. The molecule has 1 fully saturated rings. The number of amides is 2. The van der Waals surface area contributed by atoms with Crippen LogP contribution in [0.15, 0.2) is 48.5 Å². The third-order valence-corrected chi connectivity index (χ3v) is 9.65. The highest BCUT2D eigenvalue weighted by Crippen LogP contribution is 2.38. The van der Waals surface area contributed by atoms with Crippen molar-refractivity contribution in [3.05, 3.63) is 65.2 Å². The van der Waals surface area contributed by atoms with Crippen molar-refractivity contribution in [1.29, 1.82) is 0 Å². The average molecular weight is 694 g/mol. The van der Waals surface area contributed by atoms with Gasteiger partial charge in [0.05, 0.1) is 18.8 Å². The Morgan fingerprint density at radius 3 is 1.92 bits per heavy atom. The molecule has 8 heteroatoms. The van der Waals surface area contributed by atoms with Crippen LogP contribution >= 0.6 is 0 Å². The van der Waals surface area contributed by atoms with E-state index in [1.54, 1.807) is 0 Å².